The van der Waals surface area contributed by atoms with E-state index in [0.29, 0.717) is 19.3 Å². The molecule has 404 valence electrons. The molecule has 0 saturated heterocycles. The Morgan fingerprint density at radius 1 is 0.296 bits per heavy atom. The van der Waals surface area contributed by atoms with Crippen molar-refractivity contribution in [3.63, 3.8) is 0 Å². The van der Waals surface area contributed by atoms with Crippen molar-refractivity contribution in [2.24, 2.45) is 0 Å². The normalized spacial score (nSPS) is 12.9. The minimum atomic E-state index is -0.805. The van der Waals surface area contributed by atoms with Crippen molar-refractivity contribution < 1.29 is 28.6 Å². The number of unbranched alkanes of at least 4 members (excludes halogenated alkanes) is 23. The van der Waals surface area contributed by atoms with Crippen molar-refractivity contribution in [2.75, 3.05) is 13.2 Å². The van der Waals surface area contributed by atoms with Gasteiger partial charge in [0.2, 0.25) is 0 Å². The smallest absolute Gasteiger partial charge is 0.306 e. The molecule has 0 aromatic rings. The number of hydrogen-bond donors (Lipinski definition) is 0. The largest absolute Gasteiger partial charge is 0.462 e. The second-order valence-corrected chi connectivity index (χ2v) is 19.2. The number of esters is 3. The quantitative estimate of drug-likeness (QED) is 0.0261. The summed E-state index contributed by atoms with van der Waals surface area (Å²) in [5.74, 6) is -0.952. The topological polar surface area (TPSA) is 78.9 Å². The summed E-state index contributed by atoms with van der Waals surface area (Å²) < 4.78 is 16.8. The van der Waals surface area contributed by atoms with Crippen LogP contribution >= 0.6 is 0 Å². The van der Waals surface area contributed by atoms with Crippen LogP contribution in [0.4, 0.5) is 0 Å². The lowest BCUT2D eigenvalue weighted by atomic mass is 10.1. The third-order valence-electron chi connectivity index (χ3n) is 12.2. The first kappa shape index (κ1) is 67.1. The van der Waals surface area contributed by atoms with Crippen molar-refractivity contribution in [2.45, 2.75) is 271 Å². The first-order chi connectivity index (χ1) is 35.0. The van der Waals surface area contributed by atoms with Gasteiger partial charge in [0.25, 0.3) is 0 Å². The van der Waals surface area contributed by atoms with Gasteiger partial charge >= 0.3 is 17.9 Å². The van der Waals surface area contributed by atoms with Gasteiger partial charge in [0, 0.05) is 19.3 Å². The summed E-state index contributed by atoms with van der Waals surface area (Å²) in [5.41, 5.74) is 0. The van der Waals surface area contributed by atoms with Gasteiger partial charge in [-0.25, -0.2) is 0 Å². The lowest BCUT2D eigenvalue weighted by molar-refractivity contribution is -0.167. The molecule has 1 unspecified atom stereocenters. The standard InChI is InChI=1S/C65H108O6/c1-4-7-10-13-16-19-22-25-28-30-32-34-37-40-43-46-49-52-55-58-64(67)70-61-62(60-69-63(66)57-54-51-48-45-42-39-36-27-24-21-18-15-12-9-6-3)71-65(68)59-56-53-50-47-44-41-38-35-33-31-29-26-23-20-17-14-11-8-5-2/h7,10,16-17,19-20,25-29,32-36,40,43,62H,4-6,8-9,11-15,18,21-24,30-31,37-39,41-42,44-61H2,1-3H3/b10-7-,19-16-,20-17-,28-25-,29-26-,34-32-,35-33-,36-27-,43-40-. The van der Waals surface area contributed by atoms with E-state index in [4.69, 9.17) is 14.2 Å². The van der Waals surface area contributed by atoms with Crippen molar-refractivity contribution in [3.8, 4) is 0 Å². The number of allylic oxidation sites excluding steroid dienone is 18. The Bertz CT molecular complexity index is 1460. The fraction of sp³-hybridized carbons (Fsp3) is 0.677. The number of carbonyl (C=O) groups is 3. The molecule has 6 nitrogen and oxygen atoms in total. The van der Waals surface area contributed by atoms with Crippen LogP contribution in [-0.4, -0.2) is 37.2 Å². The van der Waals surface area contributed by atoms with Crippen molar-refractivity contribution in [3.05, 3.63) is 109 Å². The average Bonchev–Trinajstić information content (AvgIpc) is 3.37. The summed E-state index contributed by atoms with van der Waals surface area (Å²) >= 11 is 0. The minimum Gasteiger partial charge on any atom is -0.462 e. The molecular weight excluding hydrogens is 877 g/mol. The van der Waals surface area contributed by atoms with Crippen LogP contribution in [0.3, 0.4) is 0 Å². The highest BCUT2D eigenvalue weighted by molar-refractivity contribution is 5.71. The van der Waals surface area contributed by atoms with Gasteiger partial charge in [-0.15, -0.1) is 0 Å². The average molecular weight is 986 g/mol. The molecule has 0 aromatic carbocycles. The molecule has 0 rings (SSSR count). The Kier molecular flexibility index (Phi) is 55.4. The molecule has 0 heterocycles. The molecule has 0 aliphatic carbocycles. The highest BCUT2D eigenvalue weighted by Crippen LogP contribution is 2.14. The van der Waals surface area contributed by atoms with Gasteiger partial charge in [-0.3, -0.25) is 14.4 Å². The molecule has 0 radical (unpaired) electrons. The number of carbonyl (C=O) groups excluding carboxylic acids is 3. The van der Waals surface area contributed by atoms with Crippen LogP contribution in [0, 0.1) is 0 Å². The third kappa shape index (κ3) is 56.9. The molecule has 0 saturated carbocycles. The van der Waals surface area contributed by atoms with Crippen LogP contribution in [0.5, 0.6) is 0 Å². The van der Waals surface area contributed by atoms with E-state index >= 15 is 0 Å². The molecule has 0 aromatic heterocycles. The third-order valence-corrected chi connectivity index (χ3v) is 12.2. The monoisotopic (exact) mass is 985 g/mol. The molecule has 71 heavy (non-hydrogen) atoms. The molecule has 0 bridgehead atoms. The highest BCUT2D eigenvalue weighted by Gasteiger charge is 2.19. The molecular formula is C65H108O6. The Labute approximate surface area is 438 Å². The second kappa shape index (κ2) is 58.6. The summed E-state index contributed by atoms with van der Waals surface area (Å²) in [6.07, 6.45) is 79.3. The fourth-order valence-electron chi connectivity index (χ4n) is 7.82. The van der Waals surface area contributed by atoms with E-state index in [2.05, 4.69) is 130 Å². The SMILES string of the molecule is CC/C=C\C/C=C\C/C=C\C/C=C\C/C=C\CCCCCC(=O)OCC(COC(=O)CCCCCCC/C=C\CCCCCCCC)OC(=O)CCCCCCCC/C=C\C/C=C\C/C=C\CCCCC. The van der Waals surface area contributed by atoms with E-state index in [1.165, 1.54) is 89.9 Å². The maximum Gasteiger partial charge on any atom is 0.306 e. The molecule has 0 N–H and O–H groups in total. The molecule has 0 spiro atoms. The molecule has 6 heteroatoms. The Hall–Kier alpha value is -3.93. The van der Waals surface area contributed by atoms with E-state index < -0.39 is 6.10 Å². The van der Waals surface area contributed by atoms with Crippen molar-refractivity contribution in [1.29, 1.82) is 0 Å². The van der Waals surface area contributed by atoms with E-state index in [0.717, 1.165) is 135 Å². The van der Waals surface area contributed by atoms with Crippen LogP contribution in [0.1, 0.15) is 265 Å². The van der Waals surface area contributed by atoms with Crippen LogP contribution in [0.15, 0.2) is 109 Å². The van der Waals surface area contributed by atoms with Crippen LogP contribution in [-0.2, 0) is 28.6 Å². The predicted molar refractivity (Wildman–Crippen MR) is 307 cm³/mol. The first-order valence-electron chi connectivity index (χ1n) is 29.4. The van der Waals surface area contributed by atoms with Gasteiger partial charge in [-0.1, -0.05) is 226 Å². The second-order valence-electron chi connectivity index (χ2n) is 19.2. The Balaban J connectivity index is 4.50. The van der Waals surface area contributed by atoms with E-state index in [-0.39, 0.29) is 31.1 Å². The number of hydrogen-bond acceptors (Lipinski definition) is 6. The van der Waals surface area contributed by atoms with Crippen LogP contribution in [0.25, 0.3) is 0 Å². The van der Waals surface area contributed by atoms with E-state index in [1.807, 2.05) is 0 Å². The van der Waals surface area contributed by atoms with E-state index in [1.54, 1.807) is 0 Å². The highest BCUT2D eigenvalue weighted by atomic mass is 16.6. The molecule has 0 aliphatic rings. The molecule has 0 amide bonds. The minimum absolute atomic E-state index is 0.0998. The first-order valence-corrected chi connectivity index (χ1v) is 29.4. The lowest BCUT2D eigenvalue weighted by Crippen LogP contribution is -2.30. The van der Waals surface area contributed by atoms with E-state index in [9.17, 15) is 14.4 Å². The maximum absolute atomic E-state index is 12.9. The van der Waals surface area contributed by atoms with Crippen LogP contribution < -0.4 is 0 Å². The summed E-state index contributed by atoms with van der Waals surface area (Å²) in [6.45, 7) is 6.45. The van der Waals surface area contributed by atoms with Gasteiger partial charge in [0.1, 0.15) is 13.2 Å². The van der Waals surface area contributed by atoms with Crippen molar-refractivity contribution >= 4 is 17.9 Å². The Morgan fingerprint density at radius 3 is 0.915 bits per heavy atom. The molecule has 0 fully saturated rings. The predicted octanol–water partition coefficient (Wildman–Crippen LogP) is 19.9. The van der Waals surface area contributed by atoms with Gasteiger partial charge in [-0.05, 0) is 128 Å². The zero-order chi connectivity index (χ0) is 51.4. The molecule has 0 aliphatic heterocycles. The summed E-state index contributed by atoms with van der Waals surface area (Å²) in [5, 5.41) is 0. The van der Waals surface area contributed by atoms with Crippen LogP contribution in [0.2, 0.25) is 0 Å². The summed E-state index contributed by atoms with van der Waals surface area (Å²) in [4.78, 5) is 38.2. The van der Waals surface area contributed by atoms with Gasteiger partial charge in [0.15, 0.2) is 6.10 Å². The fourth-order valence-corrected chi connectivity index (χ4v) is 7.82. The summed E-state index contributed by atoms with van der Waals surface area (Å²) in [7, 11) is 0. The Morgan fingerprint density at radius 2 is 0.549 bits per heavy atom. The lowest BCUT2D eigenvalue weighted by Gasteiger charge is -2.18. The summed E-state index contributed by atoms with van der Waals surface area (Å²) in [6, 6.07) is 0. The van der Waals surface area contributed by atoms with Gasteiger partial charge in [0.05, 0.1) is 0 Å². The number of rotatable bonds is 52. The number of ether oxygens (including phenoxy) is 3. The van der Waals surface area contributed by atoms with Gasteiger partial charge < -0.3 is 14.2 Å². The molecule has 1 atom stereocenters. The van der Waals surface area contributed by atoms with Gasteiger partial charge in [-0.2, -0.15) is 0 Å². The zero-order valence-corrected chi connectivity index (χ0v) is 46.2. The maximum atomic E-state index is 12.9. The van der Waals surface area contributed by atoms with Crippen molar-refractivity contribution in [1.82, 2.24) is 0 Å². The zero-order valence-electron chi connectivity index (χ0n) is 46.2.